The molecule has 6 heteroatoms. The predicted molar refractivity (Wildman–Crippen MR) is 131 cm³/mol. The average molecular weight is 476 g/mol. The molecule has 184 valence electrons. The number of hydrogen-bond donors (Lipinski definition) is 1. The quantitative estimate of drug-likeness (QED) is 0.471. The molecule has 0 spiro atoms. The van der Waals surface area contributed by atoms with E-state index in [0.717, 1.165) is 37.0 Å². The monoisotopic (exact) mass is 475 g/mol. The van der Waals surface area contributed by atoms with Crippen LogP contribution in [0.2, 0.25) is 0 Å². The van der Waals surface area contributed by atoms with Crippen molar-refractivity contribution < 1.29 is 24.2 Å². The number of benzene rings is 2. The molecule has 2 aromatic carbocycles. The Hall–Kier alpha value is -3.33. The lowest BCUT2D eigenvalue weighted by Crippen LogP contribution is -2.45. The van der Waals surface area contributed by atoms with Crippen LogP contribution in [0.25, 0.3) is 0 Å². The Morgan fingerprint density at radius 3 is 2.69 bits per heavy atom. The number of hydrogen-bond acceptors (Lipinski definition) is 5. The van der Waals surface area contributed by atoms with E-state index in [9.17, 15) is 14.9 Å². The molecule has 6 nitrogen and oxygen atoms in total. The van der Waals surface area contributed by atoms with E-state index < -0.39 is 11.9 Å². The highest BCUT2D eigenvalue weighted by molar-refractivity contribution is 5.76. The van der Waals surface area contributed by atoms with Gasteiger partial charge in [0.25, 0.3) is 0 Å². The fraction of sp³-hybridized carbons (Fsp3) is 0.483. The molecule has 4 atom stereocenters. The van der Waals surface area contributed by atoms with Crippen LogP contribution in [0.15, 0.2) is 48.5 Å². The van der Waals surface area contributed by atoms with Gasteiger partial charge in [0.2, 0.25) is 0 Å². The Morgan fingerprint density at radius 2 is 1.94 bits per heavy atom. The van der Waals surface area contributed by atoms with Gasteiger partial charge < -0.3 is 14.6 Å². The zero-order valence-electron chi connectivity index (χ0n) is 20.2. The van der Waals surface area contributed by atoms with E-state index in [-0.39, 0.29) is 30.8 Å². The van der Waals surface area contributed by atoms with Gasteiger partial charge in [-0.15, -0.1) is 0 Å². The summed E-state index contributed by atoms with van der Waals surface area (Å²) in [6.45, 7) is 2.89. The number of nitriles is 1. The number of ether oxygens (including phenoxy) is 2. The standard InChI is InChI=1S/C29H33NO5/c1-29(19-35-28(33)12-11-27(31)32)15-13-24-23-10-8-22(34-18-20-5-3-2-4-6-20)17-21(23)7-9-25(24)26(29)14-16-30/h2-6,8,10,17,24-26H,7,9,11-15,18-19H2,1H3,(H,31,32)/t24-,25-,26+,29-/m1/s1. The molecule has 0 amide bonds. The summed E-state index contributed by atoms with van der Waals surface area (Å²) in [4.78, 5) is 22.8. The summed E-state index contributed by atoms with van der Waals surface area (Å²) in [5.74, 6) is 0.258. The molecule has 1 fully saturated rings. The molecule has 1 saturated carbocycles. The number of carbonyl (C=O) groups is 2. The molecule has 1 N–H and O–H groups in total. The van der Waals surface area contributed by atoms with Gasteiger partial charge in [-0.1, -0.05) is 43.3 Å². The van der Waals surface area contributed by atoms with Gasteiger partial charge in [-0.2, -0.15) is 5.26 Å². The summed E-state index contributed by atoms with van der Waals surface area (Å²) in [6.07, 6.45) is 3.85. The first-order chi connectivity index (χ1) is 16.9. The van der Waals surface area contributed by atoms with Crippen LogP contribution in [0.3, 0.4) is 0 Å². The smallest absolute Gasteiger partial charge is 0.306 e. The van der Waals surface area contributed by atoms with Crippen LogP contribution in [-0.2, 0) is 27.4 Å². The number of esters is 1. The van der Waals surface area contributed by atoms with Crippen molar-refractivity contribution in [2.75, 3.05) is 6.61 Å². The third-order valence-corrected chi connectivity index (χ3v) is 7.88. The molecule has 0 aliphatic heterocycles. The Kier molecular flexibility index (Phi) is 7.75. The van der Waals surface area contributed by atoms with Crippen molar-refractivity contribution in [2.24, 2.45) is 17.3 Å². The fourth-order valence-electron chi connectivity index (χ4n) is 5.99. The zero-order valence-corrected chi connectivity index (χ0v) is 20.2. The highest BCUT2D eigenvalue weighted by Gasteiger charge is 2.48. The van der Waals surface area contributed by atoms with Crippen LogP contribution in [0, 0.1) is 28.6 Å². The average Bonchev–Trinajstić information content (AvgIpc) is 2.87. The predicted octanol–water partition coefficient (Wildman–Crippen LogP) is 5.65. The number of aryl methyl sites for hydroxylation is 1. The Bertz CT molecular complexity index is 1090. The number of carbonyl (C=O) groups excluding carboxylic acids is 1. The van der Waals surface area contributed by atoms with Gasteiger partial charge >= 0.3 is 11.9 Å². The molecule has 35 heavy (non-hydrogen) atoms. The van der Waals surface area contributed by atoms with Gasteiger partial charge in [0.05, 0.1) is 25.5 Å². The lowest BCUT2D eigenvalue weighted by molar-refractivity contribution is -0.153. The topological polar surface area (TPSA) is 96.6 Å². The molecular weight excluding hydrogens is 442 g/mol. The molecule has 0 aromatic heterocycles. The van der Waals surface area contributed by atoms with Gasteiger partial charge in [0, 0.05) is 11.8 Å². The normalized spacial score (nSPS) is 25.0. The minimum absolute atomic E-state index is 0.123. The molecule has 0 radical (unpaired) electrons. The lowest BCUT2D eigenvalue weighted by Gasteiger charge is -2.51. The van der Waals surface area contributed by atoms with Crippen LogP contribution in [-0.4, -0.2) is 23.7 Å². The Labute approximate surface area is 206 Å². The maximum Gasteiger partial charge on any atom is 0.306 e. The number of carboxylic acid groups (broad SMARTS) is 1. The van der Waals surface area contributed by atoms with Crippen LogP contribution >= 0.6 is 0 Å². The third-order valence-electron chi connectivity index (χ3n) is 7.88. The molecule has 2 aromatic rings. The SMILES string of the molecule is C[C@]1(COC(=O)CCC(=O)O)CC[C@@H]2c3ccc(OCc4ccccc4)cc3CC[C@H]2[C@@H]1CC#N. The maximum absolute atomic E-state index is 12.1. The van der Waals surface area contributed by atoms with Crippen LogP contribution in [0.1, 0.15) is 68.1 Å². The molecule has 0 bridgehead atoms. The number of aliphatic carboxylic acids is 1. The largest absolute Gasteiger partial charge is 0.489 e. The first kappa shape index (κ1) is 24.8. The highest BCUT2D eigenvalue weighted by atomic mass is 16.5. The molecule has 0 unspecified atom stereocenters. The molecule has 2 aliphatic carbocycles. The van der Waals surface area contributed by atoms with E-state index in [1.165, 1.54) is 11.1 Å². The van der Waals surface area contributed by atoms with E-state index in [4.69, 9.17) is 14.6 Å². The summed E-state index contributed by atoms with van der Waals surface area (Å²) in [5, 5.41) is 18.4. The third kappa shape index (κ3) is 5.85. The van der Waals surface area contributed by atoms with Crippen molar-refractivity contribution in [2.45, 2.75) is 64.4 Å². The van der Waals surface area contributed by atoms with Crippen molar-refractivity contribution >= 4 is 11.9 Å². The van der Waals surface area contributed by atoms with Crippen LogP contribution in [0.5, 0.6) is 5.75 Å². The van der Waals surface area contributed by atoms with Crippen LogP contribution in [0.4, 0.5) is 0 Å². The summed E-state index contributed by atoms with van der Waals surface area (Å²) in [6, 6.07) is 18.9. The van der Waals surface area contributed by atoms with Gasteiger partial charge in [-0.3, -0.25) is 9.59 Å². The van der Waals surface area contributed by atoms with Crippen molar-refractivity contribution in [3.05, 3.63) is 65.2 Å². The highest BCUT2D eigenvalue weighted by Crippen LogP contribution is 2.56. The Balaban J connectivity index is 1.44. The molecule has 0 heterocycles. The van der Waals surface area contributed by atoms with E-state index in [1.54, 1.807) is 0 Å². The second-order valence-electron chi connectivity index (χ2n) is 10.2. The van der Waals surface area contributed by atoms with Gasteiger partial charge in [-0.05, 0) is 72.3 Å². The number of carboxylic acids is 1. The molecule has 2 aliphatic rings. The second kappa shape index (κ2) is 10.9. The molecule has 0 saturated heterocycles. The summed E-state index contributed by atoms with van der Waals surface area (Å²) < 4.78 is 11.6. The number of fused-ring (bicyclic) bond motifs is 3. The van der Waals surface area contributed by atoms with E-state index in [0.29, 0.717) is 24.9 Å². The minimum atomic E-state index is -1.01. The van der Waals surface area contributed by atoms with Crippen LogP contribution < -0.4 is 4.74 Å². The van der Waals surface area contributed by atoms with Gasteiger partial charge in [0.15, 0.2) is 0 Å². The summed E-state index contributed by atoms with van der Waals surface area (Å²) in [7, 11) is 0. The maximum atomic E-state index is 12.1. The molecule has 4 rings (SSSR count). The fourth-order valence-corrected chi connectivity index (χ4v) is 5.99. The minimum Gasteiger partial charge on any atom is -0.489 e. The first-order valence-electron chi connectivity index (χ1n) is 12.4. The Morgan fingerprint density at radius 1 is 1.14 bits per heavy atom. The first-order valence-corrected chi connectivity index (χ1v) is 12.4. The molecular formula is C29H33NO5. The summed E-state index contributed by atoms with van der Waals surface area (Å²) >= 11 is 0. The van der Waals surface area contributed by atoms with E-state index >= 15 is 0 Å². The van der Waals surface area contributed by atoms with Crippen molar-refractivity contribution in [1.29, 1.82) is 5.26 Å². The summed E-state index contributed by atoms with van der Waals surface area (Å²) in [5.41, 5.74) is 3.54. The van der Waals surface area contributed by atoms with Gasteiger partial charge in [0.1, 0.15) is 12.4 Å². The zero-order chi connectivity index (χ0) is 24.8. The number of rotatable bonds is 9. The van der Waals surface area contributed by atoms with Gasteiger partial charge in [-0.25, -0.2) is 0 Å². The second-order valence-corrected chi connectivity index (χ2v) is 10.2. The lowest BCUT2D eigenvalue weighted by atomic mass is 9.54. The van der Waals surface area contributed by atoms with Crippen molar-refractivity contribution in [1.82, 2.24) is 0 Å². The van der Waals surface area contributed by atoms with E-state index in [2.05, 4.69) is 43.3 Å². The van der Waals surface area contributed by atoms with E-state index in [1.807, 2.05) is 18.2 Å². The van der Waals surface area contributed by atoms with Crippen molar-refractivity contribution in [3.8, 4) is 11.8 Å². The van der Waals surface area contributed by atoms with Crippen molar-refractivity contribution in [3.63, 3.8) is 0 Å². The number of nitrogens with zero attached hydrogens (tertiary/aromatic N) is 1.